The lowest BCUT2D eigenvalue weighted by Crippen LogP contribution is -2.04. The van der Waals surface area contributed by atoms with Crippen molar-refractivity contribution in [2.45, 2.75) is 26.2 Å². The van der Waals surface area contributed by atoms with Gasteiger partial charge in [-0.15, -0.1) is 0 Å². The summed E-state index contributed by atoms with van der Waals surface area (Å²) in [5.74, 6) is 1.65. The van der Waals surface area contributed by atoms with Crippen molar-refractivity contribution in [3.8, 4) is 5.75 Å². The Morgan fingerprint density at radius 3 is 3.00 bits per heavy atom. The van der Waals surface area contributed by atoms with E-state index >= 15 is 0 Å². The number of ether oxygens (including phenoxy) is 1. The van der Waals surface area contributed by atoms with E-state index in [9.17, 15) is 0 Å². The molecule has 0 saturated heterocycles. The Hall–Kier alpha value is -1.25. The molecule has 78 valence electrons. The third-order valence-corrected chi connectivity index (χ3v) is 2.06. The number of unbranched alkanes of at least 4 members (excludes halogenated alkanes) is 2. The second-order valence-electron chi connectivity index (χ2n) is 3.19. The second-order valence-corrected chi connectivity index (χ2v) is 3.19. The maximum Gasteiger partial charge on any atom is 0.168 e. The van der Waals surface area contributed by atoms with E-state index < -0.39 is 0 Å². The minimum atomic E-state index is 0.809. The summed E-state index contributed by atoms with van der Waals surface area (Å²) >= 11 is 0. The van der Waals surface area contributed by atoms with E-state index in [0.717, 1.165) is 18.1 Å². The highest BCUT2D eigenvalue weighted by Crippen LogP contribution is 2.19. The highest BCUT2D eigenvalue weighted by Gasteiger charge is 2.00. The van der Waals surface area contributed by atoms with Crippen molar-refractivity contribution >= 4 is 5.82 Å². The van der Waals surface area contributed by atoms with Crippen LogP contribution in [0.4, 0.5) is 5.82 Å². The van der Waals surface area contributed by atoms with Crippen molar-refractivity contribution in [1.29, 1.82) is 0 Å². The molecule has 0 saturated carbocycles. The molecule has 1 aromatic heterocycles. The van der Waals surface area contributed by atoms with E-state index in [1.807, 2.05) is 12.1 Å². The van der Waals surface area contributed by atoms with Crippen LogP contribution in [0.25, 0.3) is 0 Å². The van der Waals surface area contributed by atoms with Gasteiger partial charge in [0.05, 0.1) is 7.11 Å². The molecule has 1 N–H and O–H groups in total. The standard InChI is InChI=1S/C11H18N2O/c1-3-4-5-8-12-11-10(14-2)7-6-9-13-11/h6-7,9H,3-5,8H2,1-2H3,(H,12,13). The molecule has 0 aliphatic heterocycles. The van der Waals surface area contributed by atoms with E-state index in [1.165, 1.54) is 19.3 Å². The number of methoxy groups -OCH3 is 1. The number of nitrogens with one attached hydrogen (secondary N) is 1. The molecule has 0 spiro atoms. The van der Waals surface area contributed by atoms with Crippen molar-refractivity contribution < 1.29 is 4.74 Å². The summed E-state index contributed by atoms with van der Waals surface area (Å²) in [4.78, 5) is 4.21. The number of anilines is 1. The first-order valence-electron chi connectivity index (χ1n) is 5.11. The summed E-state index contributed by atoms with van der Waals surface area (Å²) in [5, 5.41) is 3.26. The molecule has 0 bridgehead atoms. The minimum Gasteiger partial charge on any atom is -0.493 e. The van der Waals surface area contributed by atoms with Crippen LogP contribution in [0.3, 0.4) is 0 Å². The fourth-order valence-corrected chi connectivity index (χ4v) is 1.27. The third-order valence-electron chi connectivity index (χ3n) is 2.06. The average Bonchev–Trinajstić information content (AvgIpc) is 2.25. The fraction of sp³-hybridized carbons (Fsp3) is 0.545. The molecular weight excluding hydrogens is 176 g/mol. The summed E-state index contributed by atoms with van der Waals surface area (Å²) in [7, 11) is 1.66. The number of rotatable bonds is 6. The first-order valence-corrected chi connectivity index (χ1v) is 5.11. The Morgan fingerprint density at radius 1 is 1.43 bits per heavy atom. The van der Waals surface area contributed by atoms with Crippen LogP contribution in [-0.4, -0.2) is 18.6 Å². The van der Waals surface area contributed by atoms with Crippen LogP contribution < -0.4 is 10.1 Å². The minimum absolute atomic E-state index is 0.809. The topological polar surface area (TPSA) is 34.2 Å². The lowest BCUT2D eigenvalue weighted by molar-refractivity contribution is 0.414. The second kappa shape index (κ2) is 6.24. The maximum atomic E-state index is 5.18. The van der Waals surface area contributed by atoms with Crippen LogP contribution in [0.1, 0.15) is 26.2 Å². The molecule has 0 aliphatic carbocycles. The SMILES string of the molecule is CCCCCNc1ncccc1OC. The molecule has 0 atom stereocenters. The molecule has 0 fully saturated rings. The largest absolute Gasteiger partial charge is 0.493 e. The van der Waals surface area contributed by atoms with Crippen molar-refractivity contribution in [2.24, 2.45) is 0 Å². The molecule has 3 nitrogen and oxygen atoms in total. The lowest BCUT2D eigenvalue weighted by atomic mass is 10.2. The van der Waals surface area contributed by atoms with Gasteiger partial charge in [0.15, 0.2) is 11.6 Å². The predicted molar refractivity (Wildman–Crippen MR) is 58.8 cm³/mol. The summed E-state index contributed by atoms with van der Waals surface area (Å²) in [6, 6.07) is 3.78. The zero-order valence-electron chi connectivity index (χ0n) is 8.92. The molecule has 1 aromatic rings. The number of hydrogen-bond acceptors (Lipinski definition) is 3. The molecule has 0 radical (unpaired) electrons. The van der Waals surface area contributed by atoms with E-state index in [2.05, 4.69) is 17.2 Å². The lowest BCUT2D eigenvalue weighted by Gasteiger charge is -2.08. The highest BCUT2D eigenvalue weighted by molar-refractivity contribution is 5.49. The number of nitrogens with zero attached hydrogens (tertiary/aromatic N) is 1. The van der Waals surface area contributed by atoms with Gasteiger partial charge in [-0.25, -0.2) is 4.98 Å². The van der Waals surface area contributed by atoms with Crippen LogP contribution in [0.5, 0.6) is 5.75 Å². The third kappa shape index (κ3) is 3.24. The zero-order valence-corrected chi connectivity index (χ0v) is 8.92. The van der Waals surface area contributed by atoms with Crippen LogP contribution in [-0.2, 0) is 0 Å². The Kier molecular flexibility index (Phi) is 4.83. The maximum absolute atomic E-state index is 5.18. The quantitative estimate of drug-likeness (QED) is 0.707. The zero-order chi connectivity index (χ0) is 10.2. The molecule has 0 unspecified atom stereocenters. The van der Waals surface area contributed by atoms with Crippen LogP contribution in [0, 0.1) is 0 Å². The average molecular weight is 194 g/mol. The van der Waals surface area contributed by atoms with Crippen molar-refractivity contribution in [1.82, 2.24) is 4.98 Å². The highest BCUT2D eigenvalue weighted by atomic mass is 16.5. The van der Waals surface area contributed by atoms with Gasteiger partial charge in [0.25, 0.3) is 0 Å². The molecule has 1 heterocycles. The molecule has 0 amide bonds. The Bertz CT molecular complexity index is 263. The Labute approximate surface area is 85.5 Å². The van der Waals surface area contributed by atoms with Gasteiger partial charge in [-0.3, -0.25) is 0 Å². The van der Waals surface area contributed by atoms with Gasteiger partial charge >= 0.3 is 0 Å². The van der Waals surface area contributed by atoms with E-state index in [-0.39, 0.29) is 0 Å². The fourth-order valence-electron chi connectivity index (χ4n) is 1.27. The predicted octanol–water partition coefficient (Wildman–Crippen LogP) is 2.69. The molecular formula is C11H18N2O. The summed E-state index contributed by atoms with van der Waals surface area (Å²) in [6.07, 6.45) is 5.43. The van der Waals surface area contributed by atoms with Crippen molar-refractivity contribution in [3.63, 3.8) is 0 Å². The van der Waals surface area contributed by atoms with Gasteiger partial charge in [-0.2, -0.15) is 0 Å². The Balaban J connectivity index is 2.41. The normalized spacial score (nSPS) is 9.86. The molecule has 0 aromatic carbocycles. The first-order chi connectivity index (χ1) is 6.88. The van der Waals surface area contributed by atoms with Crippen molar-refractivity contribution in [2.75, 3.05) is 19.0 Å². The summed E-state index contributed by atoms with van der Waals surface area (Å²) in [6.45, 7) is 3.16. The van der Waals surface area contributed by atoms with Crippen LogP contribution in [0.2, 0.25) is 0 Å². The van der Waals surface area contributed by atoms with E-state index in [4.69, 9.17) is 4.74 Å². The molecule has 0 aliphatic rings. The van der Waals surface area contributed by atoms with Gasteiger partial charge in [-0.1, -0.05) is 19.8 Å². The Morgan fingerprint density at radius 2 is 2.29 bits per heavy atom. The van der Waals surface area contributed by atoms with Crippen LogP contribution in [0.15, 0.2) is 18.3 Å². The molecule has 1 rings (SSSR count). The van der Waals surface area contributed by atoms with Gasteiger partial charge in [0.1, 0.15) is 0 Å². The number of hydrogen-bond donors (Lipinski definition) is 1. The van der Waals surface area contributed by atoms with Gasteiger partial charge in [0, 0.05) is 12.7 Å². The van der Waals surface area contributed by atoms with Gasteiger partial charge in [0.2, 0.25) is 0 Å². The molecule has 3 heteroatoms. The molecule has 14 heavy (non-hydrogen) atoms. The van der Waals surface area contributed by atoms with Gasteiger partial charge in [-0.05, 0) is 18.6 Å². The number of aromatic nitrogens is 1. The van der Waals surface area contributed by atoms with Crippen LogP contribution >= 0.6 is 0 Å². The van der Waals surface area contributed by atoms with Crippen molar-refractivity contribution in [3.05, 3.63) is 18.3 Å². The summed E-state index contributed by atoms with van der Waals surface area (Å²) in [5.41, 5.74) is 0. The van der Waals surface area contributed by atoms with Gasteiger partial charge < -0.3 is 10.1 Å². The van der Waals surface area contributed by atoms with E-state index in [1.54, 1.807) is 13.3 Å². The van der Waals surface area contributed by atoms with E-state index in [0.29, 0.717) is 0 Å². The number of pyridine rings is 1. The summed E-state index contributed by atoms with van der Waals surface area (Å²) < 4.78 is 5.18. The first kappa shape index (κ1) is 10.8. The monoisotopic (exact) mass is 194 g/mol. The smallest absolute Gasteiger partial charge is 0.168 e.